The molecule has 0 bridgehead atoms. The maximum atomic E-state index is 2.34. The zero-order chi connectivity index (χ0) is 12.3. The Kier molecular flexibility index (Phi) is 4.18. The lowest BCUT2D eigenvalue weighted by Crippen LogP contribution is -2.10. The summed E-state index contributed by atoms with van der Waals surface area (Å²) in [5.41, 5.74) is 4.49. The summed E-state index contributed by atoms with van der Waals surface area (Å²) in [6, 6.07) is 9.02. The van der Waals surface area contributed by atoms with Crippen LogP contribution in [0.3, 0.4) is 0 Å². The van der Waals surface area contributed by atoms with Crippen molar-refractivity contribution in [3.63, 3.8) is 0 Å². The first-order valence-corrected chi connectivity index (χ1v) is 8.19. The van der Waals surface area contributed by atoms with Gasteiger partial charge < -0.3 is 0 Å². The first kappa shape index (κ1) is 12.6. The Balaban J connectivity index is 2.44. The van der Waals surface area contributed by atoms with E-state index in [1.807, 2.05) is 0 Å². The molecule has 1 aromatic rings. The minimum Gasteiger partial charge on any atom is -0.0798 e. The lowest BCUT2D eigenvalue weighted by Gasteiger charge is -2.19. The fraction of sp³-hybridized carbons (Fsp3) is 0.375. The Morgan fingerprint density at radius 2 is 1.82 bits per heavy atom. The van der Waals surface area contributed by atoms with Crippen molar-refractivity contribution >= 4 is 18.8 Å². The quantitative estimate of drug-likeness (QED) is 0.681. The van der Waals surface area contributed by atoms with Gasteiger partial charge in [0.1, 0.15) is 0 Å². The molecule has 17 heavy (non-hydrogen) atoms. The van der Waals surface area contributed by atoms with Gasteiger partial charge in [0.15, 0.2) is 0 Å². The molecule has 0 heterocycles. The summed E-state index contributed by atoms with van der Waals surface area (Å²) < 4.78 is 0. The molecule has 0 amide bonds. The normalized spacial score (nSPS) is 15.1. The highest BCUT2D eigenvalue weighted by atomic mass is 31.1. The average Bonchev–Trinajstić information content (AvgIpc) is 2.78. The summed E-state index contributed by atoms with van der Waals surface area (Å²) in [5.74, 6) is 0. The molecule has 1 aliphatic rings. The SMILES string of the molecule is CCP(CC)c1ccccc1C1=C(C)C=CC1. The van der Waals surface area contributed by atoms with Crippen LogP contribution >= 0.6 is 7.92 Å². The van der Waals surface area contributed by atoms with Crippen molar-refractivity contribution < 1.29 is 0 Å². The Morgan fingerprint density at radius 3 is 2.41 bits per heavy atom. The van der Waals surface area contributed by atoms with E-state index in [2.05, 4.69) is 57.2 Å². The molecule has 0 aromatic heterocycles. The van der Waals surface area contributed by atoms with E-state index >= 15 is 0 Å². The van der Waals surface area contributed by atoms with Gasteiger partial charge in [-0.25, -0.2) is 0 Å². The lowest BCUT2D eigenvalue weighted by molar-refractivity contribution is 1.40. The molecular formula is C16H21P. The van der Waals surface area contributed by atoms with Gasteiger partial charge in [-0.1, -0.05) is 58.2 Å². The molecule has 90 valence electrons. The van der Waals surface area contributed by atoms with E-state index in [1.165, 1.54) is 29.0 Å². The molecule has 0 nitrogen and oxygen atoms in total. The summed E-state index contributed by atoms with van der Waals surface area (Å²) in [4.78, 5) is 0. The van der Waals surface area contributed by atoms with Crippen molar-refractivity contribution in [2.75, 3.05) is 12.3 Å². The van der Waals surface area contributed by atoms with Crippen LogP contribution < -0.4 is 5.30 Å². The Morgan fingerprint density at radius 1 is 1.12 bits per heavy atom. The van der Waals surface area contributed by atoms with Crippen molar-refractivity contribution in [3.05, 3.63) is 47.6 Å². The smallest absolute Gasteiger partial charge is 0.00854 e. The third-order valence-corrected chi connectivity index (χ3v) is 6.10. The molecule has 0 radical (unpaired) electrons. The van der Waals surface area contributed by atoms with Crippen molar-refractivity contribution in [2.24, 2.45) is 0 Å². The summed E-state index contributed by atoms with van der Waals surface area (Å²) >= 11 is 0. The second-order valence-electron chi connectivity index (χ2n) is 4.46. The fourth-order valence-corrected chi connectivity index (χ4v) is 4.48. The highest BCUT2D eigenvalue weighted by molar-refractivity contribution is 7.65. The largest absolute Gasteiger partial charge is 0.0798 e. The minimum atomic E-state index is 0.0308. The van der Waals surface area contributed by atoms with Gasteiger partial charge in [-0.15, -0.1) is 0 Å². The van der Waals surface area contributed by atoms with Crippen LogP contribution in [0, 0.1) is 0 Å². The number of rotatable bonds is 4. The van der Waals surface area contributed by atoms with Crippen LogP contribution in [0.15, 0.2) is 42.0 Å². The number of benzene rings is 1. The van der Waals surface area contributed by atoms with Crippen LogP contribution in [0.1, 0.15) is 32.8 Å². The summed E-state index contributed by atoms with van der Waals surface area (Å²) in [6.45, 7) is 6.87. The zero-order valence-electron chi connectivity index (χ0n) is 11.0. The van der Waals surface area contributed by atoms with Crippen molar-refractivity contribution in [2.45, 2.75) is 27.2 Å². The molecule has 0 saturated heterocycles. The molecule has 0 spiro atoms. The fourth-order valence-electron chi connectivity index (χ4n) is 2.51. The van der Waals surface area contributed by atoms with Crippen LogP contribution in [0.25, 0.3) is 5.57 Å². The van der Waals surface area contributed by atoms with Gasteiger partial charge >= 0.3 is 0 Å². The van der Waals surface area contributed by atoms with Crippen LogP contribution in [-0.2, 0) is 0 Å². The number of hydrogen-bond acceptors (Lipinski definition) is 0. The lowest BCUT2D eigenvalue weighted by atomic mass is 10.0. The first-order valence-electron chi connectivity index (χ1n) is 6.48. The molecular weight excluding hydrogens is 223 g/mol. The van der Waals surface area contributed by atoms with E-state index in [1.54, 1.807) is 5.30 Å². The maximum absolute atomic E-state index is 2.34. The Bertz CT molecular complexity index is 450. The number of allylic oxidation sites excluding steroid dienone is 4. The summed E-state index contributed by atoms with van der Waals surface area (Å²) in [6.07, 6.45) is 8.23. The van der Waals surface area contributed by atoms with E-state index in [4.69, 9.17) is 0 Å². The molecule has 0 aliphatic heterocycles. The first-order chi connectivity index (χ1) is 8.27. The second kappa shape index (κ2) is 5.65. The third-order valence-electron chi connectivity index (χ3n) is 3.50. The summed E-state index contributed by atoms with van der Waals surface area (Å²) in [5, 5.41) is 1.60. The standard InChI is InChI=1S/C16H21P/c1-4-17(5-2)16-12-7-6-10-15(16)14-11-8-9-13(14)3/h6-10,12H,4-5,11H2,1-3H3. The zero-order valence-corrected chi connectivity index (χ0v) is 11.9. The Hall–Kier alpha value is -0.870. The van der Waals surface area contributed by atoms with Gasteiger partial charge in [0.2, 0.25) is 0 Å². The molecule has 1 aliphatic carbocycles. The highest BCUT2D eigenvalue weighted by Gasteiger charge is 2.15. The van der Waals surface area contributed by atoms with Gasteiger partial charge in [-0.3, -0.25) is 0 Å². The summed E-state index contributed by atoms with van der Waals surface area (Å²) in [7, 11) is 0.0308. The van der Waals surface area contributed by atoms with Gasteiger partial charge in [0, 0.05) is 0 Å². The third kappa shape index (κ3) is 2.53. The van der Waals surface area contributed by atoms with E-state index in [9.17, 15) is 0 Å². The Labute approximate surface area is 106 Å². The van der Waals surface area contributed by atoms with Crippen molar-refractivity contribution in [3.8, 4) is 0 Å². The molecule has 0 fully saturated rings. The highest BCUT2D eigenvalue weighted by Crippen LogP contribution is 2.38. The monoisotopic (exact) mass is 244 g/mol. The average molecular weight is 244 g/mol. The van der Waals surface area contributed by atoms with Crippen molar-refractivity contribution in [1.82, 2.24) is 0 Å². The van der Waals surface area contributed by atoms with Gasteiger partial charge in [-0.05, 0) is 47.7 Å². The van der Waals surface area contributed by atoms with Gasteiger partial charge in [0.25, 0.3) is 0 Å². The van der Waals surface area contributed by atoms with Gasteiger partial charge in [0.05, 0.1) is 0 Å². The van der Waals surface area contributed by atoms with Crippen LogP contribution in [0.5, 0.6) is 0 Å². The molecule has 0 saturated carbocycles. The van der Waals surface area contributed by atoms with Crippen LogP contribution in [-0.4, -0.2) is 12.3 Å². The maximum Gasteiger partial charge on any atom is -0.00854 e. The second-order valence-corrected chi connectivity index (χ2v) is 7.28. The van der Waals surface area contributed by atoms with E-state index in [0.29, 0.717) is 0 Å². The molecule has 0 unspecified atom stereocenters. The van der Waals surface area contributed by atoms with Gasteiger partial charge in [-0.2, -0.15) is 0 Å². The van der Waals surface area contributed by atoms with E-state index in [-0.39, 0.29) is 7.92 Å². The molecule has 0 N–H and O–H groups in total. The van der Waals surface area contributed by atoms with E-state index < -0.39 is 0 Å². The number of hydrogen-bond donors (Lipinski definition) is 0. The topological polar surface area (TPSA) is 0 Å². The van der Waals surface area contributed by atoms with Crippen LogP contribution in [0.4, 0.5) is 0 Å². The minimum absolute atomic E-state index is 0.0308. The van der Waals surface area contributed by atoms with Crippen molar-refractivity contribution in [1.29, 1.82) is 0 Å². The molecule has 1 aromatic carbocycles. The molecule has 2 rings (SSSR count). The predicted octanol–water partition coefficient (Wildman–Crippen LogP) is 4.57. The predicted molar refractivity (Wildman–Crippen MR) is 80.4 cm³/mol. The molecule has 0 atom stereocenters. The van der Waals surface area contributed by atoms with Crippen LogP contribution in [0.2, 0.25) is 0 Å². The molecule has 1 heteroatoms. The van der Waals surface area contributed by atoms with E-state index in [0.717, 1.165) is 6.42 Å².